The van der Waals surface area contributed by atoms with Crippen molar-refractivity contribution in [2.75, 3.05) is 0 Å². The second kappa shape index (κ2) is 5.97. The van der Waals surface area contributed by atoms with Gasteiger partial charge in [-0.3, -0.25) is 9.59 Å². The van der Waals surface area contributed by atoms with Crippen LogP contribution in [0.3, 0.4) is 0 Å². The predicted molar refractivity (Wildman–Crippen MR) is 55.6 cm³/mol. The van der Waals surface area contributed by atoms with Gasteiger partial charge in [0.15, 0.2) is 0 Å². The molecule has 0 bridgehead atoms. The second-order valence-corrected chi connectivity index (χ2v) is 4.19. The molecule has 0 heterocycles. The van der Waals surface area contributed by atoms with E-state index in [0.29, 0.717) is 0 Å². The maximum absolute atomic E-state index is 11.5. The Balaban J connectivity index is 4.47. The van der Waals surface area contributed by atoms with E-state index < -0.39 is 23.6 Å². The summed E-state index contributed by atoms with van der Waals surface area (Å²) in [7, 11) is 0. The van der Waals surface area contributed by atoms with Crippen LogP contribution in [0.1, 0.15) is 33.6 Å². The van der Waals surface area contributed by atoms with E-state index in [4.69, 9.17) is 15.4 Å². The summed E-state index contributed by atoms with van der Waals surface area (Å²) in [6.07, 6.45) is -0.308. The molecule has 1 N–H and O–H groups in total. The van der Waals surface area contributed by atoms with E-state index in [9.17, 15) is 9.59 Å². The van der Waals surface area contributed by atoms with Crippen LogP contribution in [0, 0.1) is 0 Å². The number of carboxylic acids is 1. The van der Waals surface area contributed by atoms with Crippen molar-refractivity contribution in [2.45, 2.75) is 45.3 Å². The molecular weight excluding hydrogens is 214 g/mol. The highest BCUT2D eigenvalue weighted by molar-refractivity contribution is 5.77. The zero-order valence-electron chi connectivity index (χ0n) is 9.51. The Morgan fingerprint density at radius 3 is 2.44 bits per heavy atom. The van der Waals surface area contributed by atoms with Crippen molar-refractivity contribution in [3.8, 4) is 0 Å². The summed E-state index contributed by atoms with van der Waals surface area (Å²) in [4.78, 5) is 24.3. The lowest BCUT2D eigenvalue weighted by Gasteiger charge is -2.21. The molecule has 0 radical (unpaired) electrons. The van der Waals surface area contributed by atoms with E-state index in [2.05, 4.69) is 10.0 Å². The molecule has 0 saturated heterocycles. The SMILES string of the molecule is CC(C)(C)OC(=O)[C@@H](CCC(=O)O)N=[N+]=[N-]. The minimum absolute atomic E-state index is 0.0612. The van der Waals surface area contributed by atoms with Gasteiger partial charge in [-0.05, 0) is 32.7 Å². The average molecular weight is 229 g/mol. The molecule has 0 amide bonds. The van der Waals surface area contributed by atoms with E-state index in [0.717, 1.165) is 0 Å². The molecule has 0 aliphatic rings. The van der Waals surface area contributed by atoms with Gasteiger partial charge < -0.3 is 9.84 Å². The first kappa shape index (κ1) is 14.2. The summed E-state index contributed by atoms with van der Waals surface area (Å²) in [5.41, 5.74) is 7.56. The standard InChI is InChI=1S/C9H15N3O4/c1-9(2,3)16-8(15)6(11-12-10)4-5-7(13)14/h6H,4-5H2,1-3H3,(H,13,14)/t6-/m1/s1. The smallest absolute Gasteiger partial charge is 0.315 e. The summed E-state index contributed by atoms with van der Waals surface area (Å²) < 4.78 is 4.99. The molecule has 0 spiro atoms. The molecule has 0 rings (SSSR count). The summed E-state index contributed by atoms with van der Waals surface area (Å²) >= 11 is 0. The van der Waals surface area contributed by atoms with Gasteiger partial charge in [0.1, 0.15) is 11.6 Å². The number of esters is 1. The number of carbonyl (C=O) groups is 2. The van der Waals surface area contributed by atoms with Crippen LogP contribution in [0.25, 0.3) is 10.4 Å². The number of carboxylic acid groups (broad SMARTS) is 1. The summed E-state index contributed by atoms with van der Waals surface area (Å²) in [5.74, 6) is -1.76. The molecule has 1 atom stereocenters. The third kappa shape index (κ3) is 6.67. The lowest BCUT2D eigenvalue weighted by Crippen LogP contribution is -2.31. The first-order chi connectivity index (χ1) is 7.26. The van der Waals surface area contributed by atoms with Crippen molar-refractivity contribution in [1.82, 2.24) is 0 Å². The fourth-order valence-electron chi connectivity index (χ4n) is 0.915. The zero-order chi connectivity index (χ0) is 12.8. The number of ether oxygens (including phenoxy) is 1. The Bertz CT molecular complexity index is 315. The van der Waals surface area contributed by atoms with Crippen molar-refractivity contribution < 1.29 is 19.4 Å². The number of azide groups is 1. The minimum atomic E-state index is -1.08. The topological polar surface area (TPSA) is 112 Å². The highest BCUT2D eigenvalue weighted by atomic mass is 16.6. The summed E-state index contributed by atoms with van der Waals surface area (Å²) in [6, 6.07) is -1.08. The van der Waals surface area contributed by atoms with Crippen LogP contribution >= 0.6 is 0 Å². The van der Waals surface area contributed by atoms with Crippen molar-refractivity contribution >= 4 is 11.9 Å². The Morgan fingerprint density at radius 2 is 2.06 bits per heavy atom. The van der Waals surface area contributed by atoms with Crippen LogP contribution in [0.4, 0.5) is 0 Å². The normalized spacial score (nSPS) is 12.4. The van der Waals surface area contributed by atoms with E-state index in [-0.39, 0.29) is 12.8 Å². The number of carbonyl (C=O) groups excluding carboxylic acids is 1. The van der Waals surface area contributed by atoms with Gasteiger partial charge in [0.25, 0.3) is 0 Å². The van der Waals surface area contributed by atoms with E-state index >= 15 is 0 Å². The van der Waals surface area contributed by atoms with Crippen molar-refractivity contribution in [3.05, 3.63) is 10.4 Å². The monoisotopic (exact) mass is 229 g/mol. The predicted octanol–water partition coefficient (Wildman–Crippen LogP) is 1.87. The highest BCUT2D eigenvalue weighted by Crippen LogP contribution is 2.12. The molecular formula is C9H15N3O4. The molecule has 0 fully saturated rings. The first-order valence-corrected chi connectivity index (χ1v) is 4.75. The molecule has 0 aromatic rings. The molecule has 0 aromatic heterocycles. The highest BCUT2D eigenvalue weighted by Gasteiger charge is 2.24. The second-order valence-electron chi connectivity index (χ2n) is 4.19. The van der Waals surface area contributed by atoms with Crippen LogP contribution in [-0.4, -0.2) is 28.7 Å². The lowest BCUT2D eigenvalue weighted by atomic mass is 10.1. The van der Waals surface area contributed by atoms with Gasteiger partial charge in [0, 0.05) is 11.3 Å². The molecule has 0 aliphatic carbocycles. The maximum Gasteiger partial charge on any atom is 0.315 e. The van der Waals surface area contributed by atoms with E-state index in [1.807, 2.05) is 0 Å². The van der Waals surface area contributed by atoms with Gasteiger partial charge in [0.05, 0.1) is 0 Å². The van der Waals surface area contributed by atoms with Crippen molar-refractivity contribution in [3.63, 3.8) is 0 Å². The van der Waals surface area contributed by atoms with E-state index in [1.165, 1.54) is 0 Å². The number of hydrogen-bond acceptors (Lipinski definition) is 4. The van der Waals surface area contributed by atoms with Crippen LogP contribution in [-0.2, 0) is 14.3 Å². The van der Waals surface area contributed by atoms with Crippen LogP contribution in [0.2, 0.25) is 0 Å². The van der Waals surface area contributed by atoms with Crippen LogP contribution in [0.15, 0.2) is 5.11 Å². The Labute approximate surface area is 93.0 Å². The Kier molecular flexibility index (Phi) is 5.32. The quantitative estimate of drug-likeness (QED) is 0.335. The third-order valence-electron chi connectivity index (χ3n) is 1.50. The largest absolute Gasteiger partial charge is 0.481 e. The summed E-state index contributed by atoms with van der Waals surface area (Å²) in [5, 5.41) is 11.7. The molecule has 0 aromatic carbocycles. The fourth-order valence-corrected chi connectivity index (χ4v) is 0.915. The Hall–Kier alpha value is -1.75. The number of rotatable bonds is 5. The van der Waals surface area contributed by atoms with Gasteiger partial charge in [-0.1, -0.05) is 5.11 Å². The molecule has 0 unspecified atom stereocenters. The molecule has 7 nitrogen and oxygen atoms in total. The fraction of sp³-hybridized carbons (Fsp3) is 0.778. The van der Waals surface area contributed by atoms with Gasteiger partial charge in [-0.2, -0.15) is 0 Å². The minimum Gasteiger partial charge on any atom is -0.481 e. The van der Waals surface area contributed by atoms with Crippen LogP contribution < -0.4 is 0 Å². The number of aliphatic carboxylic acids is 1. The third-order valence-corrected chi connectivity index (χ3v) is 1.50. The van der Waals surface area contributed by atoms with Gasteiger partial charge >= 0.3 is 11.9 Å². The maximum atomic E-state index is 11.5. The van der Waals surface area contributed by atoms with Gasteiger partial charge in [-0.25, -0.2) is 0 Å². The first-order valence-electron chi connectivity index (χ1n) is 4.75. The van der Waals surface area contributed by atoms with Gasteiger partial charge in [0.2, 0.25) is 0 Å². The lowest BCUT2D eigenvalue weighted by molar-refractivity contribution is -0.156. The average Bonchev–Trinajstić information content (AvgIpc) is 2.08. The molecule has 7 heteroatoms. The van der Waals surface area contributed by atoms with Crippen molar-refractivity contribution in [1.29, 1.82) is 0 Å². The van der Waals surface area contributed by atoms with E-state index in [1.54, 1.807) is 20.8 Å². The molecule has 0 saturated carbocycles. The van der Waals surface area contributed by atoms with Gasteiger partial charge in [-0.15, -0.1) is 0 Å². The zero-order valence-corrected chi connectivity index (χ0v) is 9.51. The molecule has 90 valence electrons. The summed E-state index contributed by atoms with van der Waals surface area (Å²) in [6.45, 7) is 5.03. The number of hydrogen-bond donors (Lipinski definition) is 1. The van der Waals surface area contributed by atoms with Crippen molar-refractivity contribution in [2.24, 2.45) is 5.11 Å². The number of nitrogens with zero attached hydrogens (tertiary/aromatic N) is 3. The molecule has 0 aliphatic heterocycles. The molecule has 16 heavy (non-hydrogen) atoms. The Morgan fingerprint density at radius 1 is 1.50 bits per heavy atom. The van der Waals surface area contributed by atoms with Crippen LogP contribution in [0.5, 0.6) is 0 Å².